The highest BCUT2D eigenvalue weighted by molar-refractivity contribution is 9.09. The van der Waals surface area contributed by atoms with Gasteiger partial charge in [0.1, 0.15) is 0 Å². The number of benzene rings is 3. The van der Waals surface area contributed by atoms with E-state index < -0.39 is 0 Å². The van der Waals surface area contributed by atoms with Crippen molar-refractivity contribution in [2.75, 3.05) is 0 Å². The fourth-order valence-electron chi connectivity index (χ4n) is 2.35. The predicted molar refractivity (Wildman–Crippen MR) is 85.8 cm³/mol. The smallest absolute Gasteiger partial charge is 0.0435 e. The summed E-state index contributed by atoms with van der Waals surface area (Å²) >= 11 is 3.79. The van der Waals surface area contributed by atoms with Crippen LogP contribution in [0.25, 0.3) is 10.8 Å². The second-order valence-corrected chi connectivity index (χ2v) is 5.87. The molecule has 0 aromatic heterocycles. The lowest BCUT2D eigenvalue weighted by atomic mass is 10.0. The summed E-state index contributed by atoms with van der Waals surface area (Å²) in [5.74, 6) is 0. The Morgan fingerprint density at radius 3 is 2.21 bits per heavy atom. The lowest BCUT2D eigenvalue weighted by molar-refractivity contribution is 0.951. The molecule has 3 aromatic carbocycles. The molecule has 0 aliphatic rings. The van der Waals surface area contributed by atoms with Gasteiger partial charge in [0.05, 0.1) is 0 Å². The molecule has 19 heavy (non-hydrogen) atoms. The summed E-state index contributed by atoms with van der Waals surface area (Å²) < 4.78 is 0. The van der Waals surface area contributed by atoms with Gasteiger partial charge in [0, 0.05) is 4.83 Å². The van der Waals surface area contributed by atoms with Gasteiger partial charge in [-0.15, -0.1) is 0 Å². The zero-order valence-electron chi connectivity index (χ0n) is 10.6. The van der Waals surface area contributed by atoms with Crippen molar-refractivity contribution in [3.8, 4) is 0 Å². The molecule has 0 nitrogen and oxygen atoms in total. The van der Waals surface area contributed by atoms with Crippen LogP contribution in [0.4, 0.5) is 0 Å². The normalized spacial score (nSPS) is 12.5. The molecule has 0 amide bonds. The minimum Gasteiger partial charge on any atom is -0.0835 e. The predicted octanol–water partition coefficient (Wildman–Crippen LogP) is 5.52. The number of alkyl halides is 1. The van der Waals surface area contributed by atoms with E-state index in [1.54, 1.807) is 0 Å². The molecule has 0 bridgehead atoms. The van der Waals surface area contributed by atoms with Crippen molar-refractivity contribution in [2.45, 2.75) is 11.2 Å². The first-order chi connectivity index (χ1) is 9.33. The molecule has 0 aliphatic heterocycles. The Morgan fingerprint density at radius 2 is 1.42 bits per heavy atom. The molecule has 94 valence electrons. The van der Waals surface area contributed by atoms with Gasteiger partial charge in [0.25, 0.3) is 0 Å². The third kappa shape index (κ3) is 2.87. The lowest BCUT2D eigenvalue weighted by Gasteiger charge is -2.11. The van der Waals surface area contributed by atoms with Gasteiger partial charge in [-0.3, -0.25) is 0 Å². The second kappa shape index (κ2) is 5.58. The summed E-state index contributed by atoms with van der Waals surface area (Å²) in [4.78, 5) is 0.370. The number of halogens is 1. The minimum atomic E-state index is 0.370. The van der Waals surface area contributed by atoms with E-state index in [2.05, 4.69) is 88.7 Å². The first kappa shape index (κ1) is 12.4. The number of hydrogen-bond acceptors (Lipinski definition) is 0. The summed E-state index contributed by atoms with van der Waals surface area (Å²) in [7, 11) is 0. The average Bonchev–Trinajstić information content (AvgIpc) is 2.48. The van der Waals surface area contributed by atoms with Crippen LogP contribution in [-0.4, -0.2) is 0 Å². The fraction of sp³-hybridized carbons (Fsp3) is 0.111. The summed E-state index contributed by atoms with van der Waals surface area (Å²) in [5.41, 5.74) is 2.69. The van der Waals surface area contributed by atoms with Crippen molar-refractivity contribution in [1.82, 2.24) is 0 Å². The van der Waals surface area contributed by atoms with Crippen LogP contribution in [0.5, 0.6) is 0 Å². The Hall–Kier alpha value is -1.60. The van der Waals surface area contributed by atoms with E-state index in [1.807, 2.05) is 0 Å². The maximum Gasteiger partial charge on any atom is 0.0435 e. The van der Waals surface area contributed by atoms with Gasteiger partial charge < -0.3 is 0 Å². The third-order valence-corrected chi connectivity index (χ3v) is 4.24. The Kier molecular flexibility index (Phi) is 3.65. The molecule has 1 heteroatoms. The zero-order chi connectivity index (χ0) is 13.1. The van der Waals surface area contributed by atoms with Crippen LogP contribution in [0, 0.1) is 0 Å². The molecule has 1 unspecified atom stereocenters. The highest BCUT2D eigenvalue weighted by atomic mass is 79.9. The summed E-state index contributed by atoms with van der Waals surface area (Å²) in [5, 5.41) is 2.62. The van der Waals surface area contributed by atoms with Gasteiger partial charge in [-0.25, -0.2) is 0 Å². The molecular formula is C18H15Br. The lowest BCUT2D eigenvalue weighted by Crippen LogP contribution is -1.95. The molecule has 0 fully saturated rings. The van der Waals surface area contributed by atoms with Crippen LogP contribution >= 0.6 is 15.9 Å². The van der Waals surface area contributed by atoms with Gasteiger partial charge in [-0.2, -0.15) is 0 Å². The van der Waals surface area contributed by atoms with Crippen molar-refractivity contribution in [3.05, 3.63) is 83.9 Å². The first-order valence-electron chi connectivity index (χ1n) is 6.49. The van der Waals surface area contributed by atoms with Crippen LogP contribution in [0.15, 0.2) is 72.8 Å². The second-order valence-electron chi connectivity index (χ2n) is 4.76. The van der Waals surface area contributed by atoms with Crippen LogP contribution in [0.2, 0.25) is 0 Å². The van der Waals surface area contributed by atoms with Crippen molar-refractivity contribution < 1.29 is 0 Å². The Balaban J connectivity index is 1.85. The number of fused-ring (bicyclic) bond motifs is 1. The molecule has 3 rings (SSSR count). The first-order valence-corrected chi connectivity index (χ1v) is 7.41. The molecule has 0 saturated carbocycles. The summed E-state index contributed by atoms with van der Waals surface area (Å²) in [6, 6.07) is 25.8. The van der Waals surface area contributed by atoms with E-state index in [0.717, 1.165) is 6.42 Å². The van der Waals surface area contributed by atoms with E-state index in [4.69, 9.17) is 0 Å². The molecule has 3 aromatic rings. The highest BCUT2D eigenvalue weighted by Crippen LogP contribution is 2.28. The van der Waals surface area contributed by atoms with E-state index >= 15 is 0 Å². The Morgan fingerprint density at radius 1 is 0.737 bits per heavy atom. The Labute approximate surface area is 122 Å². The van der Waals surface area contributed by atoms with Crippen LogP contribution in [0.3, 0.4) is 0 Å². The highest BCUT2D eigenvalue weighted by Gasteiger charge is 2.08. The maximum atomic E-state index is 3.79. The van der Waals surface area contributed by atoms with Crippen molar-refractivity contribution in [1.29, 1.82) is 0 Å². The van der Waals surface area contributed by atoms with Gasteiger partial charge in [0.2, 0.25) is 0 Å². The monoisotopic (exact) mass is 310 g/mol. The molecule has 0 radical (unpaired) electrons. The van der Waals surface area contributed by atoms with Crippen molar-refractivity contribution in [2.24, 2.45) is 0 Å². The summed E-state index contributed by atoms with van der Waals surface area (Å²) in [6.07, 6.45) is 1.01. The van der Waals surface area contributed by atoms with Crippen molar-refractivity contribution >= 4 is 26.7 Å². The minimum absolute atomic E-state index is 0.370. The van der Waals surface area contributed by atoms with Crippen LogP contribution < -0.4 is 0 Å². The topological polar surface area (TPSA) is 0 Å². The number of rotatable bonds is 3. The van der Waals surface area contributed by atoms with Crippen molar-refractivity contribution in [3.63, 3.8) is 0 Å². The molecule has 1 atom stereocenters. The average molecular weight is 311 g/mol. The van der Waals surface area contributed by atoms with Gasteiger partial charge in [-0.1, -0.05) is 88.7 Å². The SMILES string of the molecule is BrC(Cc1ccc2ccccc2c1)c1ccccc1. The van der Waals surface area contributed by atoms with E-state index in [9.17, 15) is 0 Å². The fourth-order valence-corrected chi connectivity index (χ4v) is 3.03. The van der Waals surface area contributed by atoms with Gasteiger partial charge >= 0.3 is 0 Å². The maximum absolute atomic E-state index is 3.79. The summed E-state index contributed by atoms with van der Waals surface area (Å²) in [6.45, 7) is 0. The molecule has 0 N–H and O–H groups in total. The van der Waals surface area contributed by atoms with Gasteiger partial charge in [-0.05, 0) is 28.3 Å². The Bertz CT molecular complexity index is 673. The molecule has 0 spiro atoms. The van der Waals surface area contributed by atoms with E-state index in [-0.39, 0.29) is 0 Å². The van der Waals surface area contributed by atoms with E-state index in [0.29, 0.717) is 4.83 Å². The van der Waals surface area contributed by atoms with E-state index in [1.165, 1.54) is 21.9 Å². The quantitative estimate of drug-likeness (QED) is 0.559. The molecule has 0 heterocycles. The molecular weight excluding hydrogens is 296 g/mol. The van der Waals surface area contributed by atoms with Crippen LogP contribution in [-0.2, 0) is 6.42 Å². The third-order valence-electron chi connectivity index (χ3n) is 3.39. The van der Waals surface area contributed by atoms with Crippen LogP contribution in [0.1, 0.15) is 16.0 Å². The standard InChI is InChI=1S/C18H15Br/c19-18(16-7-2-1-3-8-16)13-14-10-11-15-6-4-5-9-17(15)12-14/h1-12,18H,13H2. The largest absolute Gasteiger partial charge is 0.0835 e. The molecule has 0 aliphatic carbocycles. The van der Waals surface area contributed by atoms with Gasteiger partial charge in [0.15, 0.2) is 0 Å². The number of hydrogen-bond donors (Lipinski definition) is 0. The zero-order valence-corrected chi connectivity index (χ0v) is 12.2. The molecule has 0 saturated heterocycles.